The fourth-order valence-electron chi connectivity index (χ4n) is 2.95. The molecular formula is C22H22N4O2. The fraction of sp³-hybridized carbons (Fsp3) is 0.182. The minimum atomic E-state index is -0.0219. The maximum absolute atomic E-state index is 9.40. The number of hydrogen-bond donors (Lipinski definition) is 2. The maximum atomic E-state index is 9.40. The number of aliphatic hydroxyl groups excluding tert-OH is 1. The first-order valence-corrected chi connectivity index (χ1v) is 9.32. The summed E-state index contributed by atoms with van der Waals surface area (Å²) in [7, 11) is 0. The average Bonchev–Trinajstić information content (AvgIpc) is 3.16. The molecule has 2 aromatic carbocycles. The Bertz CT molecular complexity index is 1040. The molecule has 2 heterocycles. The van der Waals surface area contributed by atoms with E-state index in [0.717, 1.165) is 34.8 Å². The third-order valence-electron chi connectivity index (χ3n) is 4.56. The van der Waals surface area contributed by atoms with Crippen molar-refractivity contribution >= 4 is 11.5 Å². The van der Waals surface area contributed by atoms with Gasteiger partial charge in [0, 0.05) is 5.56 Å². The molecule has 0 bridgehead atoms. The van der Waals surface area contributed by atoms with Crippen molar-refractivity contribution in [2.75, 3.05) is 11.9 Å². The SMILES string of the molecule is CCC(CO)Nc1ccc2ncc(-c3ccc(Oc4ccccc4)cc3)n2n1. The zero-order valence-electron chi connectivity index (χ0n) is 15.6. The van der Waals surface area contributed by atoms with E-state index in [1.807, 2.05) is 79.9 Å². The van der Waals surface area contributed by atoms with Crippen LogP contribution < -0.4 is 10.1 Å². The first kappa shape index (κ1) is 18.0. The number of para-hydroxylation sites is 1. The molecule has 4 rings (SSSR count). The second-order valence-corrected chi connectivity index (χ2v) is 6.50. The molecule has 0 aliphatic rings. The van der Waals surface area contributed by atoms with Gasteiger partial charge in [0.25, 0.3) is 0 Å². The van der Waals surface area contributed by atoms with E-state index in [2.05, 4.69) is 15.4 Å². The Kier molecular flexibility index (Phi) is 5.21. The lowest BCUT2D eigenvalue weighted by atomic mass is 10.1. The highest BCUT2D eigenvalue weighted by Crippen LogP contribution is 2.26. The zero-order chi connectivity index (χ0) is 19.3. The van der Waals surface area contributed by atoms with Crippen LogP contribution in [-0.2, 0) is 0 Å². The summed E-state index contributed by atoms with van der Waals surface area (Å²) in [6.07, 6.45) is 2.62. The number of anilines is 1. The van der Waals surface area contributed by atoms with Gasteiger partial charge in [0.1, 0.15) is 17.3 Å². The number of nitrogens with one attached hydrogen (secondary N) is 1. The van der Waals surface area contributed by atoms with Crippen molar-refractivity contribution in [2.24, 2.45) is 0 Å². The topological polar surface area (TPSA) is 71.7 Å². The standard InChI is InChI=1S/C22H22N4O2/c1-2-17(15-27)24-21-12-13-22-23-14-20(26(22)25-21)16-8-10-19(11-9-16)28-18-6-4-3-5-7-18/h3-14,17,27H,2,15H2,1H3,(H,24,25). The number of aromatic nitrogens is 3. The van der Waals surface area contributed by atoms with E-state index < -0.39 is 0 Å². The lowest BCUT2D eigenvalue weighted by Gasteiger charge is -2.14. The van der Waals surface area contributed by atoms with Crippen LogP contribution in [0.4, 0.5) is 5.82 Å². The van der Waals surface area contributed by atoms with E-state index in [0.29, 0.717) is 5.82 Å². The van der Waals surface area contributed by atoms with Crippen molar-refractivity contribution in [3.05, 3.63) is 72.9 Å². The Morgan fingerprint density at radius 3 is 2.46 bits per heavy atom. The quantitative estimate of drug-likeness (QED) is 0.503. The molecule has 1 unspecified atom stereocenters. The first-order chi connectivity index (χ1) is 13.8. The van der Waals surface area contributed by atoms with Crippen molar-refractivity contribution in [1.82, 2.24) is 14.6 Å². The molecule has 1 atom stereocenters. The smallest absolute Gasteiger partial charge is 0.154 e. The van der Waals surface area contributed by atoms with Crippen LogP contribution in [-0.4, -0.2) is 32.4 Å². The number of imidazole rings is 1. The molecule has 0 aliphatic heterocycles. The fourth-order valence-corrected chi connectivity index (χ4v) is 2.95. The molecule has 0 amide bonds. The van der Waals surface area contributed by atoms with E-state index in [-0.39, 0.29) is 12.6 Å². The normalized spacial score (nSPS) is 12.1. The van der Waals surface area contributed by atoms with Crippen LogP contribution in [0.1, 0.15) is 13.3 Å². The molecule has 142 valence electrons. The van der Waals surface area contributed by atoms with Gasteiger partial charge in [-0.1, -0.05) is 25.1 Å². The molecule has 6 nitrogen and oxygen atoms in total. The molecule has 0 aliphatic carbocycles. The highest BCUT2D eigenvalue weighted by atomic mass is 16.5. The van der Waals surface area contributed by atoms with Crippen molar-refractivity contribution in [2.45, 2.75) is 19.4 Å². The molecule has 28 heavy (non-hydrogen) atoms. The highest BCUT2D eigenvalue weighted by molar-refractivity contribution is 5.64. The van der Waals surface area contributed by atoms with E-state index in [4.69, 9.17) is 4.74 Å². The molecule has 6 heteroatoms. The minimum Gasteiger partial charge on any atom is -0.457 e. The molecule has 0 fully saturated rings. The van der Waals surface area contributed by atoms with Crippen LogP contribution in [0.5, 0.6) is 11.5 Å². The van der Waals surface area contributed by atoms with Gasteiger partial charge in [0.15, 0.2) is 5.65 Å². The van der Waals surface area contributed by atoms with Gasteiger partial charge in [-0.15, -0.1) is 5.10 Å². The first-order valence-electron chi connectivity index (χ1n) is 9.32. The molecule has 4 aromatic rings. The lowest BCUT2D eigenvalue weighted by molar-refractivity contribution is 0.271. The molecular weight excluding hydrogens is 352 g/mol. The Hall–Kier alpha value is -3.38. The van der Waals surface area contributed by atoms with Crippen LogP contribution in [0, 0.1) is 0 Å². The molecule has 0 radical (unpaired) electrons. The van der Waals surface area contributed by atoms with Crippen molar-refractivity contribution in [3.63, 3.8) is 0 Å². The Balaban J connectivity index is 1.59. The summed E-state index contributed by atoms with van der Waals surface area (Å²) in [6, 6.07) is 21.3. The summed E-state index contributed by atoms with van der Waals surface area (Å²) in [6.45, 7) is 2.09. The third kappa shape index (κ3) is 3.82. The summed E-state index contributed by atoms with van der Waals surface area (Å²) in [4.78, 5) is 4.44. The molecule has 0 spiro atoms. The number of benzene rings is 2. The largest absolute Gasteiger partial charge is 0.457 e. The van der Waals surface area contributed by atoms with Gasteiger partial charge in [-0.3, -0.25) is 0 Å². The maximum Gasteiger partial charge on any atom is 0.154 e. The number of rotatable bonds is 7. The minimum absolute atomic E-state index is 0.0219. The van der Waals surface area contributed by atoms with Crippen LogP contribution in [0.25, 0.3) is 16.9 Å². The number of nitrogens with zero attached hydrogens (tertiary/aromatic N) is 3. The second kappa shape index (κ2) is 8.10. The average molecular weight is 374 g/mol. The van der Waals surface area contributed by atoms with Crippen molar-refractivity contribution < 1.29 is 9.84 Å². The number of fused-ring (bicyclic) bond motifs is 1. The summed E-state index contributed by atoms with van der Waals surface area (Å²) < 4.78 is 7.66. The monoisotopic (exact) mass is 374 g/mol. The molecule has 2 aromatic heterocycles. The summed E-state index contributed by atoms with van der Waals surface area (Å²) >= 11 is 0. The van der Waals surface area contributed by atoms with E-state index in [9.17, 15) is 5.11 Å². The highest BCUT2D eigenvalue weighted by Gasteiger charge is 2.10. The van der Waals surface area contributed by atoms with Crippen LogP contribution >= 0.6 is 0 Å². The van der Waals surface area contributed by atoms with Crippen molar-refractivity contribution in [1.29, 1.82) is 0 Å². The van der Waals surface area contributed by atoms with Crippen LogP contribution in [0.2, 0.25) is 0 Å². The molecule has 2 N–H and O–H groups in total. The summed E-state index contributed by atoms with van der Waals surface area (Å²) in [5, 5.41) is 17.3. The third-order valence-corrected chi connectivity index (χ3v) is 4.56. The predicted octanol–water partition coefficient (Wildman–Crippen LogP) is 4.37. The van der Waals surface area contributed by atoms with Gasteiger partial charge < -0.3 is 15.2 Å². The Morgan fingerprint density at radius 2 is 1.75 bits per heavy atom. The van der Waals surface area contributed by atoms with E-state index in [1.54, 1.807) is 4.52 Å². The Labute approximate surface area is 163 Å². The lowest BCUT2D eigenvalue weighted by Crippen LogP contribution is -2.23. The van der Waals surface area contributed by atoms with Gasteiger partial charge >= 0.3 is 0 Å². The van der Waals surface area contributed by atoms with Gasteiger partial charge in [0.05, 0.1) is 24.5 Å². The summed E-state index contributed by atoms with van der Waals surface area (Å²) in [5.74, 6) is 2.28. The van der Waals surface area contributed by atoms with Crippen LogP contribution in [0.3, 0.4) is 0 Å². The molecule has 0 saturated heterocycles. The van der Waals surface area contributed by atoms with Crippen LogP contribution in [0.15, 0.2) is 72.9 Å². The van der Waals surface area contributed by atoms with Gasteiger partial charge in [-0.2, -0.15) is 0 Å². The zero-order valence-corrected chi connectivity index (χ0v) is 15.6. The predicted molar refractivity (Wildman–Crippen MR) is 110 cm³/mol. The molecule has 0 saturated carbocycles. The van der Waals surface area contributed by atoms with Gasteiger partial charge in [-0.25, -0.2) is 9.50 Å². The Morgan fingerprint density at radius 1 is 1.00 bits per heavy atom. The van der Waals surface area contributed by atoms with Gasteiger partial charge in [-0.05, 0) is 55.0 Å². The number of ether oxygens (including phenoxy) is 1. The number of hydrogen-bond acceptors (Lipinski definition) is 5. The van der Waals surface area contributed by atoms with E-state index >= 15 is 0 Å². The second-order valence-electron chi connectivity index (χ2n) is 6.50. The van der Waals surface area contributed by atoms with E-state index in [1.165, 1.54) is 0 Å². The van der Waals surface area contributed by atoms with Crippen molar-refractivity contribution in [3.8, 4) is 22.8 Å². The number of aliphatic hydroxyl groups is 1. The van der Waals surface area contributed by atoms with Gasteiger partial charge in [0.2, 0.25) is 0 Å². The summed E-state index contributed by atoms with van der Waals surface area (Å²) in [5.41, 5.74) is 2.65.